The fraction of sp³-hybridized carbons (Fsp3) is 0.571. The minimum Gasteiger partial charge on any atom is -0.380 e. The lowest BCUT2D eigenvalue weighted by molar-refractivity contribution is 0.158. The van der Waals surface area contributed by atoms with E-state index in [0.29, 0.717) is 66.9 Å². The number of ether oxygens (including phenoxy) is 1. The summed E-state index contributed by atoms with van der Waals surface area (Å²) in [4.78, 5) is 20.2. The van der Waals surface area contributed by atoms with Gasteiger partial charge in [0.2, 0.25) is 5.95 Å². The Morgan fingerprint density at radius 2 is 2.16 bits per heavy atom. The van der Waals surface area contributed by atoms with Crippen molar-refractivity contribution in [2.24, 2.45) is 0 Å². The van der Waals surface area contributed by atoms with Crippen LogP contribution in [0.25, 0.3) is 0 Å². The molecule has 10 nitrogen and oxygen atoms in total. The number of aromatic nitrogens is 4. The van der Waals surface area contributed by atoms with Crippen LogP contribution in [-0.4, -0.2) is 70.6 Å². The van der Waals surface area contributed by atoms with Gasteiger partial charge in [0.05, 0.1) is 12.3 Å². The van der Waals surface area contributed by atoms with E-state index in [1.807, 2.05) is 13.8 Å². The Labute approximate surface area is 183 Å². The maximum absolute atomic E-state index is 8.57. The van der Waals surface area contributed by atoms with E-state index in [0.717, 1.165) is 13.1 Å². The summed E-state index contributed by atoms with van der Waals surface area (Å²) in [7, 11) is 0. The highest BCUT2D eigenvalue weighted by Gasteiger charge is 2.27. The van der Waals surface area contributed by atoms with Crippen molar-refractivity contribution in [1.82, 2.24) is 25.3 Å². The Hall–Kier alpha value is -2.85. The molecular weight excluding hydrogens is 394 g/mol. The van der Waals surface area contributed by atoms with E-state index in [1.54, 1.807) is 12.3 Å². The van der Waals surface area contributed by atoms with E-state index >= 15 is 0 Å². The first-order valence-electron chi connectivity index (χ1n) is 10.9. The quantitative estimate of drug-likeness (QED) is 0.334. The summed E-state index contributed by atoms with van der Waals surface area (Å²) in [6.45, 7) is 11.7. The van der Waals surface area contributed by atoms with Crippen LogP contribution >= 0.6 is 0 Å². The van der Waals surface area contributed by atoms with Gasteiger partial charge in [-0.05, 0) is 33.3 Å². The normalized spacial score (nSPS) is 18.6. The zero-order valence-electron chi connectivity index (χ0n) is 18.8. The molecule has 0 radical (unpaired) electrons. The largest absolute Gasteiger partial charge is 0.380 e. The van der Waals surface area contributed by atoms with Crippen LogP contribution in [0.2, 0.25) is 0 Å². The van der Waals surface area contributed by atoms with E-state index in [-0.39, 0.29) is 6.04 Å². The lowest BCUT2D eigenvalue weighted by atomic mass is 10.1. The van der Waals surface area contributed by atoms with E-state index in [9.17, 15) is 0 Å². The molecular formula is C21H33N9O. The molecule has 0 aliphatic carbocycles. The van der Waals surface area contributed by atoms with Gasteiger partial charge in [0.15, 0.2) is 5.82 Å². The van der Waals surface area contributed by atoms with Crippen molar-refractivity contribution < 1.29 is 4.74 Å². The van der Waals surface area contributed by atoms with Gasteiger partial charge in [0.25, 0.3) is 0 Å². The van der Waals surface area contributed by atoms with Crippen molar-refractivity contribution in [2.45, 2.75) is 46.2 Å². The van der Waals surface area contributed by atoms with Crippen LogP contribution in [0.1, 0.15) is 39.8 Å². The third kappa shape index (κ3) is 5.86. The zero-order chi connectivity index (χ0) is 22.2. The Bertz CT molecular complexity index is 861. The van der Waals surface area contributed by atoms with Crippen LogP contribution in [0.3, 0.4) is 0 Å². The highest BCUT2D eigenvalue weighted by molar-refractivity contribution is 6.03. The van der Waals surface area contributed by atoms with E-state index < -0.39 is 0 Å². The maximum Gasteiger partial charge on any atom is 0.228 e. The summed E-state index contributed by atoms with van der Waals surface area (Å²) in [6, 6.07) is 2.35. The summed E-state index contributed by atoms with van der Waals surface area (Å²) < 4.78 is 5.47. The van der Waals surface area contributed by atoms with E-state index in [2.05, 4.69) is 44.7 Å². The molecule has 0 amide bonds. The topological polar surface area (TPSA) is 124 Å². The Morgan fingerprint density at radius 3 is 2.87 bits per heavy atom. The third-order valence-corrected chi connectivity index (χ3v) is 5.14. The third-order valence-electron chi connectivity index (χ3n) is 5.14. The molecule has 2 aromatic heterocycles. The molecule has 3 rings (SSSR count). The summed E-state index contributed by atoms with van der Waals surface area (Å²) in [5, 5.41) is 18.7. The number of nitrogens with one attached hydrogen (secondary N) is 4. The van der Waals surface area contributed by atoms with Crippen molar-refractivity contribution in [2.75, 3.05) is 48.4 Å². The summed E-state index contributed by atoms with van der Waals surface area (Å²) in [5.74, 6) is 1.83. The Morgan fingerprint density at radius 1 is 1.32 bits per heavy atom. The summed E-state index contributed by atoms with van der Waals surface area (Å²) >= 11 is 0. The molecule has 1 saturated heterocycles. The molecule has 10 heteroatoms. The average molecular weight is 428 g/mol. The number of nitrogens with zero attached hydrogens (tertiary/aromatic N) is 5. The molecule has 1 aliphatic rings. The fourth-order valence-electron chi connectivity index (χ4n) is 3.40. The number of piperazine rings is 1. The van der Waals surface area contributed by atoms with E-state index in [1.165, 1.54) is 6.33 Å². The second-order valence-corrected chi connectivity index (χ2v) is 7.58. The smallest absolute Gasteiger partial charge is 0.228 e. The maximum atomic E-state index is 8.57. The van der Waals surface area contributed by atoms with Crippen LogP contribution in [-0.2, 0) is 4.74 Å². The SMILES string of the molecule is CCOCCNc1c(Nc2ccncn2)nc(N2C[C@@H](C)NC[C@@H]2C)nc1C(=N)CC. The highest BCUT2D eigenvalue weighted by Crippen LogP contribution is 2.30. The number of hydrogen-bond acceptors (Lipinski definition) is 10. The molecule has 4 N–H and O–H groups in total. The summed E-state index contributed by atoms with van der Waals surface area (Å²) in [6.07, 6.45) is 3.73. The van der Waals surface area contributed by atoms with Crippen molar-refractivity contribution in [1.29, 1.82) is 5.41 Å². The number of hydrogen-bond donors (Lipinski definition) is 4. The lowest BCUT2D eigenvalue weighted by Gasteiger charge is -2.38. The van der Waals surface area contributed by atoms with Crippen molar-refractivity contribution in [3.63, 3.8) is 0 Å². The minimum absolute atomic E-state index is 0.239. The predicted octanol–water partition coefficient (Wildman–Crippen LogP) is 2.42. The first-order chi connectivity index (χ1) is 15.0. The Kier molecular flexibility index (Phi) is 8.07. The fourth-order valence-corrected chi connectivity index (χ4v) is 3.40. The van der Waals surface area contributed by atoms with Gasteiger partial charge < -0.3 is 31.0 Å². The molecule has 2 atom stereocenters. The zero-order valence-corrected chi connectivity index (χ0v) is 18.8. The van der Waals surface area contributed by atoms with Crippen molar-refractivity contribution >= 4 is 29.0 Å². The van der Waals surface area contributed by atoms with Gasteiger partial charge in [0.1, 0.15) is 23.5 Å². The van der Waals surface area contributed by atoms with Gasteiger partial charge in [-0.2, -0.15) is 4.98 Å². The van der Waals surface area contributed by atoms with Gasteiger partial charge in [-0.1, -0.05) is 6.92 Å². The standard InChI is InChI=1S/C21H33N9O/c1-5-16(22)18-19(24-9-10-31-6-2)20(27-17-7-8-23-13-26-17)29-21(28-18)30-12-14(3)25-11-15(30)4/h7-8,13-15,22,24-25H,5-6,9-12H2,1-4H3,(H,23,26,27,28,29)/t14-,15+/m1/s1. The van der Waals surface area contributed by atoms with Gasteiger partial charge >= 0.3 is 0 Å². The average Bonchev–Trinajstić information content (AvgIpc) is 2.79. The van der Waals surface area contributed by atoms with Gasteiger partial charge in [0, 0.05) is 44.5 Å². The van der Waals surface area contributed by atoms with E-state index in [4.69, 9.17) is 20.1 Å². The van der Waals surface area contributed by atoms with Crippen LogP contribution < -0.4 is 20.9 Å². The minimum atomic E-state index is 0.239. The molecule has 0 spiro atoms. The van der Waals surface area contributed by atoms with Crippen molar-refractivity contribution in [3.05, 3.63) is 24.3 Å². The molecule has 0 aromatic carbocycles. The van der Waals surface area contributed by atoms with Gasteiger partial charge in [-0.3, -0.25) is 0 Å². The second-order valence-electron chi connectivity index (χ2n) is 7.58. The van der Waals surface area contributed by atoms with Gasteiger partial charge in [-0.25, -0.2) is 15.0 Å². The van der Waals surface area contributed by atoms with Gasteiger partial charge in [-0.15, -0.1) is 0 Å². The number of rotatable bonds is 10. The number of anilines is 4. The molecule has 31 heavy (non-hydrogen) atoms. The molecule has 3 heterocycles. The molecule has 1 aliphatic heterocycles. The van der Waals surface area contributed by atoms with Crippen LogP contribution in [0.15, 0.2) is 18.6 Å². The molecule has 0 unspecified atom stereocenters. The molecule has 2 aromatic rings. The first-order valence-corrected chi connectivity index (χ1v) is 10.9. The van der Waals surface area contributed by atoms with Crippen LogP contribution in [0.4, 0.5) is 23.3 Å². The predicted molar refractivity (Wildman–Crippen MR) is 124 cm³/mol. The highest BCUT2D eigenvalue weighted by atomic mass is 16.5. The lowest BCUT2D eigenvalue weighted by Crippen LogP contribution is -2.55. The molecule has 0 bridgehead atoms. The Balaban J connectivity index is 2.04. The molecule has 168 valence electrons. The van der Waals surface area contributed by atoms with Crippen LogP contribution in [0.5, 0.6) is 0 Å². The molecule has 1 fully saturated rings. The van der Waals surface area contributed by atoms with Crippen LogP contribution in [0, 0.1) is 5.41 Å². The molecule has 0 saturated carbocycles. The summed E-state index contributed by atoms with van der Waals surface area (Å²) in [5.41, 5.74) is 1.73. The second kappa shape index (κ2) is 11.0. The first kappa shape index (κ1) is 22.8. The van der Waals surface area contributed by atoms with Crippen molar-refractivity contribution in [3.8, 4) is 0 Å². The monoisotopic (exact) mass is 427 g/mol.